The van der Waals surface area contributed by atoms with Gasteiger partial charge in [0.1, 0.15) is 17.1 Å². The van der Waals surface area contributed by atoms with E-state index in [1.807, 2.05) is 0 Å². The summed E-state index contributed by atoms with van der Waals surface area (Å²) in [4.78, 5) is 22.5. The quantitative estimate of drug-likeness (QED) is 0.659. The van der Waals surface area contributed by atoms with E-state index in [2.05, 4.69) is 5.32 Å². The number of carbonyl (C=O) groups is 2. The van der Waals surface area contributed by atoms with E-state index < -0.39 is 5.78 Å². The number of aromatic hydroxyl groups is 2. The molecule has 1 rings (SSSR count). The molecule has 0 aliphatic carbocycles. The van der Waals surface area contributed by atoms with Gasteiger partial charge in [0.25, 0.3) is 0 Å². The van der Waals surface area contributed by atoms with E-state index in [-0.39, 0.29) is 35.8 Å². The van der Waals surface area contributed by atoms with Crippen LogP contribution in [-0.4, -0.2) is 29.0 Å². The van der Waals surface area contributed by atoms with Crippen LogP contribution in [0.5, 0.6) is 11.5 Å². The maximum Gasteiger partial charge on any atom is 0.220 e. The van der Waals surface area contributed by atoms with Gasteiger partial charge in [-0.3, -0.25) is 9.59 Å². The zero-order valence-electron chi connectivity index (χ0n) is 8.86. The molecule has 0 aliphatic heterocycles. The number of benzene rings is 1. The minimum Gasteiger partial charge on any atom is -0.507 e. The monoisotopic (exact) mass is 223 g/mol. The van der Waals surface area contributed by atoms with E-state index in [0.717, 1.165) is 0 Å². The molecule has 86 valence electrons. The molecule has 1 amide bonds. The molecule has 0 bridgehead atoms. The van der Waals surface area contributed by atoms with Gasteiger partial charge < -0.3 is 15.5 Å². The third-order valence-corrected chi connectivity index (χ3v) is 2.16. The van der Waals surface area contributed by atoms with Crippen molar-refractivity contribution in [3.63, 3.8) is 0 Å². The zero-order chi connectivity index (χ0) is 12.1. The summed E-state index contributed by atoms with van der Waals surface area (Å²) < 4.78 is 0. The van der Waals surface area contributed by atoms with Gasteiger partial charge in [0.2, 0.25) is 5.91 Å². The number of hydrogen-bond acceptors (Lipinski definition) is 4. The van der Waals surface area contributed by atoms with Gasteiger partial charge in [-0.25, -0.2) is 0 Å². The Labute approximate surface area is 92.7 Å². The lowest BCUT2D eigenvalue weighted by atomic mass is 10.0. The number of amides is 1. The molecule has 5 nitrogen and oxygen atoms in total. The highest BCUT2D eigenvalue weighted by molar-refractivity contribution is 6.02. The topological polar surface area (TPSA) is 86.6 Å². The first-order valence-electron chi connectivity index (χ1n) is 4.81. The first kappa shape index (κ1) is 12.0. The number of phenolic OH excluding ortho intramolecular Hbond substituents is 2. The maximum absolute atomic E-state index is 11.6. The van der Waals surface area contributed by atoms with Crippen LogP contribution < -0.4 is 5.32 Å². The molecule has 3 N–H and O–H groups in total. The van der Waals surface area contributed by atoms with Crippen molar-refractivity contribution >= 4 is 11.7 Å². The molecule has 1 aromatic rings. The van der Waals surface area contributed by atoms with Crippen molar-refractivity contribution in [1.29, 1.82) is 0 Å². The zero-order valence-corrected chi connectivity index (χ0v) is 8.86. The Morgan fingerprint density at radius 2 is 1.75 bits per heavy atom. The molecule has 0 spiro atoms. The molecular weight excluding hydrogens is 210 g/mol. The van der Waals surface area contributed by atoms with E-state index in [9.17, 15) is 19.8 Å². The van der Waals surface area contributed by atoms with Gasteiger partial charge in [-0.15, -0.1) is 0 Å². The summed E-state index contributed by atoms with van der Waals surface area (Å²) in [6, 6.07) is 4.06. The van der Waals surface area contributed by atoms with E-state index in [1.165, 1.54) is 25.2 Å². The van der Waals surface area contributed by atoms with Gasteiger partial charge in [0, 0.05) is 19.9 Å². The lowest BCUT2D eigenvalue weighted by Crippen LogP contribution is -2.18. The van der Waals surface area contributed by atoms with E-state index in [1.54, 1.807) is 0 Å². The lowest BCUT2D eigenvalue weighted by molar-refractivity contribution is -0.120. The second-order valence-electron chi connectivity index (χ2n) is 3.27. The molecule has 1 aromatic carbocycles. The van der Waals surface area contributed by atoms with E-state index >= 15 is 0 Å². The number of Topliss-reactive ketones (excluding diaryl/α,β-unsaturated/α-hetero) is 1. The van der Waals surface area contributed by atoms with Crippen molar-refractivity contribution in [3.05, 3.63) is 23.8 Å². The molecule has 0 unspecified atom stereocenters. The van der Waals surface area contributed by atoms with Gasteiger partial charge >= 0.3 is 0 Å². The molecule has 0 saturated carbocycles. The van der Waals surface area contributed by atoms with Crippen LogP contribution in [-0.2, 0) is 4.79 Å². The summed E-state index contributed by atoms with van der Waals surface area (Å²) in [7, 11) is 1.48. The third-order valence-electron chi connectivity index (χ3n) is 2.16. The maximum atomic E-state index is 11.6. The summed E-state index contributed by atoms with van der Waals surface area (Å²) in [5.74, 6) is -1.27. The Kier molecular flexibility index (Phi) is 3.88. The molecule has 0 atom stereocenters. The van der Waals surface area contributed by atoms with Crippen LogP contribution in [0.15, 0.2) is 18.2 Å². The summed E-state index contributed by atoms with van der Waals surface area (Å²) >= 11 is 0. The minimum absolute atomic E-state index is 0.0309. The molecule has 0 saturated heterocycles. The van der Waals surface area contributed by atoms with Crippen LogP contribution in [0.25, 0.3) is 0 Å². The standard InChI is InChI=1S/C11H13NO4/c1-12-10(16)6-5-9(15)11-7(13)3-2-4-8(11)14/h2-4,13-14H,5-6H2,1H3,(H,12,16). The number of phenols is 2. The fourth-order valence-electron chi connectivity index (χ4n) is 1.29. The predicted molar refractivity (Wildman–Crippen MR) is 57.4 cm³/mol. The fourth-order valence-corrected chi connectivity index (χ4v) is 1.29. The van der Waals surface area contributed by atoms with Crippen LogP contribution in [0.2, 0.25) is 0 Å². The van der Waals surface area contributed by atoms with Gasteiger partial charge in [-0.05, 0) is 12.1 Å². The van der Waals surface area contributed by atoms with Gasteiger partial charge in [-0.1, -0.05) is 6.07 Å². The van der Waals surface area contributed by atoms with Gasteiger partial charge in [-0.2, -0.15) is 0 Å². The number of hydrogen-bond donors (Lipinski definition) is 3. The third kappa shape index (κ3) is 2.73. The first-order chi connectivity index (χ1) is 7.56. The number of carbonyl (C=O) groups excluding carboxylic acids is 2. The highest BCUT2D eigenvalue weighted by Crippen LogP contribution is 2.27. The summed E-state index contributed by atoms with van der Waals surface area (Å²) in [6.07, 6.45) is -0.0199. The van der Waals surface area contributed by atoms with Crippen molar-refractivity contribution in [2.75, 3.05) is 7.05 Å². The van der Waals surface area contributed by atoms with Crippen molar-refractivity contribution in [3.8, 4) is 11.5 Å². The second kappa shape index (κ2) is 5.16. The van der Waals surface area contributed by atoms with Crippen LogP contribution in [0.1, 0.15) is 23.2 Å². The summed E-state index contributed by atoms with van der Waals surface area (Å²) in [5.41, 5.74) is -0.133. The van der Waals surface area contributed by atoms with Crippen LogP contribution in [0, 0.1) is 0 Å². The highest BCUT2D eigenvalue weighted by atomic mass is 16.3. The summed E-state index contributed by atoms with van der Waals surface area (Å²) in [6.45, 7) is 0. The molecule has 0 heterocycles. The van der Waals surface area contributed by atoms with Crippen molar-refractivity contribution < 1.29 is 19.8 Å². The van der Waals surface area contributed by atoms with E-state index in [0.29, 0.717) is 0 Å². The highest BCUT2D eigenvalue weighted by Gasteiger charge is 2.16. The Hall–Kier alpha value is -2.04. The van der Waals surface area contributed by atoms with Crippen LogP contribution in [0.4, 0.5) is 0 Å². The van der Waals surface area contributed by atoms with E-state index in [4.69, 9.17) is 0 Å². The Balaban J connectivity index is 2.77. The SMILES string of the molecule is CNC(=O)CCC(=O)c1c(O)cccc1O. The minimum atomic E-state index is -0.459. The fraction of sp³-hybridized carbons (Fsp3) is 0.273. The Morgan fingerprint density at radius 3 is 2.25 bits per heavy atom. The summed E-state index contributed by atoms with van der Waals surface area (Å²) in [5, 5.41) is 21.2. The second-order valence-corrected chi connectivity index (χ2v) is 3.27. The Bertz CT molecular complexity index is 394. The molecule has 5 heteroatoms. The lowest BCUT2D eigenvalue weighted by Gasteiger charge is -2.05. The molecule has 0 aliphatic rings. The van der Waals surface area contributed by atoms with Crippen LogP contribution >= 0.6 is 0 Å². The van der Waals surface area contributed by atoms with Crippen molar-refractivity contribution in [2.24, 2.45) is 0 Å². The van der Waals surface area contributed by atoms with Gasteiger partial charge in [0.15, 0.2) is 5.78 Å². The average molecular weight is 223 g/mol. The van der Waals surface area contributed by atoms with Crippen molar-refractivity contribution in [2.45, 2.75) is 12.8 Å². The Morgan fingerprint density at radius 1 is 1.19 bits per heavy atom. The molecule has 0 fully saturated rings. The van der Waals surface area contributed by atoms with Gasteiger partial charge in [0.05, 0.1) is 0 Å². The number of rotatable bonds is 4. The molecular formula is C11H13NO4. The smallest absolute Gasteiger partial charge is 0.220 e. The molecule has 0 aromatic heterocycles. The predicted octanol–water partition coefficient (Wildman–Crippen LogP) is 0.807. The number of nitrogens with one attached hydrogen (secondary N) is 1. The average Bonchev–Trinajstić information content (AvgIpc) is 2.25. The van der Waals surface area contributed by atoms with Crippen LogP contribution in [0.3, 0.4) is 0 Å². The normalized spacial score (nSPS) is 9.81. The number of ketones is 1. The largest absolute Gasteiger partial charge is 0.507 e. The van der Waals surface area contributed by atoms with Crippen molar-refractivity contribution in [1.82, 2.24) is 5.32 Å². The molecule has 16 heavy (non-hydrogen) atoms. The molecule has 0 radical (unpaired) electrons. The first-order valence-corrected chi connectivity index (χ1v) is 4.81.